The molecule has 9 aromatic heterocycles. The number of aryl methyl sites for hydroxylation is 1. The summed E-state index contributed by atoms with van der Waals surface area (Å²) in [5.74, 6) is 2.89. The fourth-order valence-corrected chi connectivity index (χ4v) is 22.8. The van der Waals surface area contributed by atoms with E-state index in [2.05, 4.69) is 477 Å². The number of nitrogens with zero attached hydrogens (tertiary/aromatic N) is 9. The molecule has 690 valence electrons. The van der Waals surface area contributed by atoms with Crippen LogP contribution in [0.15, 0.2) is 511 Å². The zero-order chi connectivity index (χ0) is 96.8. The van der Waals surface area contributed by atoms with Crippen molar-refractivity contribution in [1.29, 1.82) is 0 Å². The second-order valence-corrected chi connectivity index (χ2v) is 37.9. The predicted molar refractivity (Wildman–Crippen MR) is 606 cm³/mol. The lowest BCUT2D eigenvalue weighted by molar-refractivity contribution is 0.658. The molecule has 9 heterocycles. The Morgan fingerprint density at radius 2 is 0.490 bits per heavy atom. The molecule has 0 amide bonds. The minimum atomic E-state index is 0.846. The van der Waals surface area contributed by atoms with Crippen molar-refractivity contribution in [3.8, 4) is 118 Å². The summed E-state index contributed by atoms with van der Waals surface area (Å²) in [5, 5.41) is 13.6. The zero-order valence-electron chi connectivity index (χ0n) is 79.8. The Bertz CT molecular complexity index is 10600. The Morgan fingerprint density at radius 1 is 0.190 bits per heavy atom. The van der Waals surface area contributed by atoms with Gasteiger partial charge in [0, 0.05) is 50.8 Å². The first kappa shape index (κ1) is 84.2. The Labute approximate surface area is 842 Å². The van der Waals surface area contributed by atoms with Gasteiger partial charge in [-0.25, -0.2) is 15.0 Å². The Morgan fingerprint density at radius 3 is 0.973 bits per heavy atom. The van der Waals surface area contributed by atoms with Gasteiger partial charge in [-0.2, -0.15) is 0 Å². The minimum Gasteiger partial charge on any atom is -0.438 e. The first-order chi connectivity index (χ1) is 72.9. The van der Waals surface area contributed by atoms with Crippen LogP contribution < -0.4 is 0 Å². The van der Waals surface area contributed by atoms with E-state index in [0.29, 0.717) is 0 Å². The average Bonchev–Trinajstić information content (AvgIpc) is 1.72. The molecule has 0 aliphatic heterocycles. The fourth-order valence-electron chi connectivity index (χ4n) is 22.8. The van der Waals surface area contributed by atoms with E-state index < -0.39 is 0 Å². The molecule has 0 saturated heterocycles. The summed E-state index contributed by atoms with van der Waals surface area (Å²) in [6.45, 7) is 2.16. The van der Waals surface area contributed by atoms with E-state index in [1.54, 1.807) is 0 Å². The van der Waals surface area contributed by atoms with Crippen LogP contribution in [0.4, 0.5) is 0 Å². The molecule has 0 N–H and O–H groups in total. The second-order valence-electron chi connectivity index (χ2n) is 37.9. The zero-order valence-corrected chi connectivity index (χ0v) is 79.8. The van der Waals surface area contributed by atoms with Gasteiger partial charge in [0.15, 0.2) is 16.7 Å². The van der Waals surface area contributed by atoms with Crippen LogP contribution in [0.3, 0.4) is 0 Å². The number of para-hydroxylation sites is 13. The van der Waals surface area contributed by atoms with E-state index in [1.165, 1.54) is 87.6 Å². The molecule has 31 aromatic rings. The molecule has 0 radical (unpaired) electrons. The van der Waals surface area contributed by atoms with Gasteiger partial charge in [0.05, 0.1) is 82.9 Å². The lowest BCUT2D eigenvalue weighted by atomic mass is 9.91. The number of rotatable bonds is 13. The molecule has 31 rings (SSSR count). The molecule has 0 atom stereocenters. The van der Waals surface area contributed by atoms with Crippen molar-refractivity contribution in [2.45, 2.75) is 13.3 Å². The smallest absolute Gasteiger partial charge is 0.213 e. The van der Waals surface area contributed by atoms with Crippen LogP contribution in [-0.2, 0) is 6.42 Å². The van der Waals surface area contributed by atoms with Gasteiger partial charge in [0.2, 0.25) is 17.1 Å². The number of aromatic nitrogens is 9. The maximum atomic E-state index is 6.66. The van der Waals surface area contributed by atoms with E-state index in [0.717, 1.165) is 202 Å². The van der Waals surface area contributed by atoms with Crippen LogP contribution in [0.25, 0.3) is 277 Å². The van der Waals surface area contributed by atoms with Crippen LogP contribution in [0, 0.1) is 0 Å². The molecule has 147 heavy (non-hydrogen) atoms. The number of hydrogen-bond acceptors (Lipinski definition) is 6. The Balaban J connectivity index is 0.000000104. The quantitative estimate of drug-likeness (QED) is 0.106. The average molecular weight is 1880 g/mol. The van der Waals surface area contributed by atoms with E-state index in [-0.39, 0.29) is 0 Å². The molecule has 0 saturated carbocycles. The summed E-state index contributed by atoms with van der Waals surface area (Å²) in [4.78, 5) is 15.1. The molecule has 12 nitrogen and oxygen atoms in total. The third kappa shape index (κ3) is 13.9. The Kier molecular flexibility index (Phi) is 19.7. The van der Waals surface area contributed by atoms with Crippen molar-refractivity contribution in [2.24, 2.45) is 0 Å². The van der Waals surface area contributed by atoms with Crippen LogP contribution in [-0.4, -0.2) is 41.9 Å². The van der Waals surface area contributed by atoms with Crippen molar-refractivity contribution in [3.63, 3.8) is 0 Å². The first-order valence-corrected chi connectivity index (χ1v) is 50.1. The van der Waals surface area contributed by atoms with Gasteiger partial charge in [0.25, 0.3) is 0 Å². The summed E-state index contributed by atoms with van der Waals surface area (Å²) in [7, 11) is 0. The predicted octanol–water partition coefficient (Wildman–Crippen LogP) is 35.7. The molecule has 0 unspecified atom stereocenters. The largest absolute Gasteiger partial charge is 0.438 e. The van der Waals surface area contributed by atoms with Crippen molar-refractivity contribution >= 4 is 159 Å². The monoisotopic (exact) mass is 1880 g/mol. The summed E-state index contributed by atoms with van der Waals surface area (Å²) in [6.07, 6.45) is 0.851. The third-order valence-electron chi connectivity index (χ3n) is 29.6. The van der Waals surface area contributed by atoms with Gasteiger partial charge in [-0.05, 0) is 256 Å². The van der Waals surface area contributed by atoms with Gasteiger partial charge in [-0.3, -0.25) is 26.9 Å². The second kappa shape index (κ2) is 34.3. The first-order valence-electron chi connectivity index (χ1n) is 50.1. The summed E-state index contributed by atoms with van der Waals surface area (Å²) < 4.78 is 33.5. The minimum absolute atomic E-state index is 0.846. The lowest BCUT2D eigenvalue weighted by Crippen LogP contribution is -1.99. The summed E-state index contributed by atoms with van der Waals surface area (Å²) >= 11 is 0. The van der Waals surface area contributed by atoms with Gasteiger partial charge in [-0.1, -0.05) is 353 Å². The van der Waals surface area contributed by atoms with Crippen molar-refractivity contribution in [3.05, 3.63) is 503 Å². The third-order valence-corrected chi connectivity index (χ3v) is 29.6. The number of oxazole rings is 3. The standard InChI is InChI=1S/C47H31N3O.C45H29N3O.C43H27N3O/c1-2-45-48-40-15-7-8-16-42(40)49(45)32-23-19-29(20-24-32)46-39-28-31(22-26-41(39)50-43-17-9-10-18-44(43)51-47(46)50)30-21-25-37-35-13-4-3-11-33(35)34-12-5-6-14-36(34)38(37)27-30;1-3-11-30(12-4-1)31-19-21-32(22-20-31)35-25-28-39-37(29-35)43(45-48(39)41-17-9-10-18-42(41)49-45)33-23-26-36(27-24-33)47-40-16-8-7-15-38(40)46-44(47)34-13-5-2-6-14-34;1-2-13-32(14-3-1)45-38-18-7-6-17-36(38)44-42(45)30-23-21-29(22-24-30)41-35-27-31(34-16-10-12-28-11-4-5-15-33(28)34)25-26-37(35)46-39-19-8-9-20-40(39)47-43(41)46/h3-28H,2H2,1H3;1-29H;1-27H. The molecular formula is C135H87N9O3. The van der Waals surface area contributed by atoms with E-state index in [4.69, 9.17) is 28.2 Å². The molecule has 0 aliphatic carbocycles. The van der Waals surface area contributed by atoms with Crippen molar-refractivity contribution in [1.82, 2.24) is 41.9 Å². The maximum Gasteiger partial charge on any atom is 0.213 e. The molecule has 0 spiro atoms. The SMILES string of the molecule is CCc1nc2ccccc2n1-c1ccc(-c2c3cc(-c4ccc5c6ccccc6c6ccccc6c5c4)ccc3n3c2oc2ccccc23)cc1.c1ccc(-c2ccc(-c3ccc4c(c3)c(-c3ccc(-n5c(-c6ccccc6)nc6ccccc65)cc3)c3oc5ccccc5n34)cc2)cc1.c1ccc(-n2c(-c3ccc(-c4c5cc(-c6cccc7ccccc67)ccc5n5c4oc4ccccc45)cc3)nc3ccccc32)cc1. The lowest BCUT2D eigenvalue weighted by Gasteiger charge is -2.12. The Hall–Kier alpha value is -19.7. The number of imidazole rings is 3. The van der Waals surface area contributed by atoms with Crippen LogP contribution >= 0.6 is 0 Å². The molecule has 0 aliphatic rings. The molecule has 0 bridgehead atoms. The normalized spacial score (nSPS) is 11.9. The van der Waals surface area contributed by atoms with Crippen LogP contribution in [0.1, 0.15) is 12.7 Å². The molecular weight excluding hydrogens is 1800 g/mol. The molecule has 12 heteroatoms. The summed E-state index contributed by atoms with van der Waals surface area (Å²) in [5.41, 5.74) is 39.4. The van der Waals surface area contributed by atoms with E-state index in [9.17, 15) is 0 Å². The van der Waals surface area contributed by atoms with Crippen molar-refractivity contribution < 1.29 is 13.3 Å². The highest BCUT2D eigenvalue weighted by Gasteiger charge is 2.28. The number of benzene rings is 22. The highest BCUT2D eigenvalue weighted by molar-refractivity contribution is 6.26. The van der Waals surface area contributed by atoms with Crippen LogP contribution in [0.2, 0.25) is 0 Å². The van der Waals surface area contributed by atoms with E-state index >= 15 is 0 Å². The summed E-state index contributed by atoms with van der Waals surface area (Å²) in [6, 6.07) is 177. The highest BCUT2D eigenvalue weighted by Crippen LogP contribution is 2.49. The fraction of sp³-hybridized carbons (Fsp3) is 0.0148. The molecule has 22 aromatic carbocycles. The molecule has 0 fully saturated rings. The number of fused-ring (bicyclic) bond motifs is 25. The number of hydrogen-bond donors (Lipinski definition) is 0. The maximum absolute atomic E-state index is 6.66. The van der Waals surface area contributed by atoms with Gasteiger partial charge < -0.3 is 13.3 Å². The van der Waals surface area contributed by atoms with E-state index in [1.807, 2.05) is 54.6 Å². The van der Waals surface area contributed by atoms with Gasteiger partial charge >= 0.3 is 0 Å². The van der Waals surface area contributed by atoms with Gasteiger partial charge in [0.1, 0.15) is 17.5 Å². The van der Waals surface area contributed by atoms with Gasteiger partial charge in [-0.15, -0.1) is 0 Å². The highest BCUT2D eigenvalue weighted by atomic mass is 16.4. The van der Waals surface area contributed by atoms with Crippen LogP contribution in [0.5, 0.6) is 0 Å². The van der Waals surface area contributed by atoms with Crippen molar-refractivity contribution in [2.75, 3.05) is 0 Å². The topological polar surface area (TPSA) is 106 Å².